The first-order valence-electron chi connectivity index (χ1n) is 8.22. The van der Waals surface area contributed by atoms with Crippen LogP contribution in [0.2, 0.25) is 0 Å². The van der Waals surface area contributed by atoms with Crippen LogP contribution in [0.1, 0.15) is 16.8 Å². The Bertz CT molecular complexity index is 1030. The van der Waals surface area contributed by atoms with E-state index in [2.05, 4.69) is 29.5 Å². The minimum absolute atomic E-state index is 0.150. The number of nitrogens with one attached hydrogen (secondary N) is 1. The van der Waals surface area contributed by atoms with E-state index >= 15 is 0 Å². The van der Waals surface area contributed by atoms with Crippen molar-refractivity contribution < 1.29 is 14.3 Å². The largest absolute Gasteiger partial charge is 0.494 e. The number of nitrogens with zero attached hydrogens (tertiary/aromatic N) is 3. The lowest BCUT2D eigenvalue weighted by molar-refractivity contribution is -0.117. The van der Waals surface area contributed by atoms with Gasteiger partial charge in [0.15, 0.2) is 0 Å². The summed E-state index contributed by atoms with van der Waals surface area (Å²) in [4.78, 5) is 17.1. The van der Waals surface area contributed by atoms with E-state index < -0.39 is 0 Å². The van der Waals surface area contributed by atoms with E-state index in [0.717, 1.165) is 21.5 Å². The molecule has 0 fully saturated rings. The van der Waals surface area contributed by atoms with E-state index in [1.54, 1.807) is 10.7 Å². The predicted octanol–water partition coefficient (Wildman–Crippen LogP) is 3.23. The van der Waals surface area contributed by atoms with Gasteiger partial charge in [0, 0.05) is 6.07 Å². The Kier molecular flexibility index (Phi) is 4.12. The molecule has 7 nitrogen and oxygen atoms in total. The summed E-state index contributed by atoms with van der Waals surface area (Å²) >= 11 is 1.54. The van der Waals surface area contributed by atoms with Crippen LogP contribution in [0.25, 0.3) is 15.3 Å². The van der Waals surface area contributed by atoms with E-state index in [0.29, 0.717) is 24.2 Å². The van der Waals surface area contributed by atoms with E-state index in [4.69, 9.17) is 14.5 Å². The van der Waals surface area contributed by atoms with Gasteiger partial charge in [0.25, 0.3) is 5.91 Å². The van der Waals surface area contributed by atoms with Gasteiger partial charge in [0.05, 0.1) is 15.9 Å². The van der Waals surface area contributed by atoms with Crippen molar-refractivity contribution in [1.82, 2.24) is 14.8 Å². The molecular weight excluding hydrogens is 352 g/mol. The van der Waals surface area contributed by atoms with Crippen LogP contribution < -0.4 is 5.32 Å². The molecule has 1 aromatic carbocycles. The minimum Gasteiger partial charge on any atom is -0.494 e. The van der Waals surface area contributed by atoms with E-state index in [-0.39, 0.29) is 11.7 Å². The number of rotatable bonds is 3. The summed E-state index contributed by atoms with van der Waals surface area (Å²) in [5.41, 5.74) is 4.04. The Morgan fingerprint density at radius 1 is 1.23 bits per heavy atom. The molecule has 0 saturated carbocycles. The highest BCUT2D eigenvalue weighted by atomic mass is 32.1. The monoisotopic (exact) mass is 370 g/mol. The number of fused-ring (bicyclic) bond motifs is 1. The number of thiazole rings is 1. The molecule has 1 N–H and O–H groups in total. The van der Waals surface area contributed by atoms with Crippen molar-refractivity contribution in [2.24, 2.45) is 0 Å². The number of carbonyl (C=O) groups is 1. The molecule has 0 saturated heterocycles. The van der Waals surface area contributed by atoms with Gasteiger partial charge in [-0.2, -0.15) is 9.78 Å². The van der Waals surface area contributed by atoms with Crippen molar-refractivity contribution in [3.8, 4) is 5.13 Å². The van der Waals surface area contributed by atoms with E-state index in [1.807, 2.05) is 13.8 Å². The highest BCUT2D eigenvalue weighted by molar-refractivity contribution is 7.20. The van der Waals surface area contributed by atoms with Gasteiger partial charge >= 0.3 is 0 Å². The number of hydrogen-bond acceptors (Lipinski definition) is 6. The van der Waals surface area contributed by atoms with Gasteiger partial charge < -0.3 is 14.8 Å². The Labute approximate surface area is 154 Å². The van der Waals surface area contributed by atoms with Gasteiger partial charge in [-0.05, 0) is 38.0 Å². The Morgan fingerprint density at radius 3 is 2.85 bits per heavy atom. The summed E-state index contributed by atoms with van der Waals surface area (Å²) in [7, 11) is 0. The van der Waals surface area contributed by atoms with Crippen LogP contribution in [-0.4, -0.2) is 33.9 Å². The molecule has 1 aliphatic heterocycles. The zero-order chi connectivity index (χ0) is 18.3. The molecule has 1 amide bonds. The van der Waals surface area contributed by atoms with Crippen LogP contribution in [0, 0.1) is 20.8 Å². The van der Waals surface area contributed by atoms with Gasteiger partial charge in [-0.1, -0.05) is 17.4 Å². The fourth-order valence-electron chi connectivity index (χ4n) is 2.85. The second-order valence-corrected chi connectivity index (χ2v) is 7.17. The maximum absolute atomic E-state index is 12.4. The first kappa shape index (κ1) is 16.6. The first-order valence-corrected chi connectivity index (χ1v) is 9.03. The summed E-state index contributed by atoms with van der Waals surface area (Å²) in [6.07, 6.45) is 1.33. The standard InChI is InChI=1S/C18H18N4O3S/c1-10-6-11(2)16-14(7-10)26-18(20-16)22-15(8-12(3)21-22)19-17(23)13-9-24-4-5-25-13/h6-9H,4-5H2,1-3H3,(H,19,23). The third-order valence-corrected chi connectivity index (χ3v) is 4.92. The topological polar surface area (TPSA) is 78.3 Å². The van der Waals surface area contributed by atoms with Crippen LogP contribution in [0.15, 0.2) is 30.2 Å². The Morgan fingerprint density at radius 2 is 2.08 bits per heavy atom. The van der Waals surface area contributed by atoms with Crippen molar-refractivity contribution in [3.05, 3.63) is 47.0 Å². The van der Waals surface area contributed by atoms with Gasteiger partial charge in [-0.25, -0.2) is 4.98 Å². The fourth-order valence-corrected chi connectivity index (χ4v) is 3.96. The van der Waals surface area contributed by atoms with Crippen molar-refractivity contribution in [2.75, 3.05) is 18.5 Å². The maximum atomic E-state index is 12.4. The molecule has 2 aromatic heterocycles. The summed E-state index contributed by atoms with van der Waals surface area (Å²) in [5, 5.41) is 8.01. The van der Waals surface area contributed by atoms with Gasteiger partial charge in [-0.3, -0.25) is 4.79 Å². The molecule has 134 valence electrons. The highest BCUT2D eigenvalue weighted by Gasteiger charge is 2.19. The molecule has 4 rings (SSSR count). The molecule has 26 heavy (non-hydrogen) atoms. The number of hydrogen-bond donors (Lipinski definition) is 1. The van der Waals surface area contributed by atoms with Crippen LogP contribution in [0.3, 0.4) is 0 Å². The lowest BCUT2D eigenvalue weighted by Crippen LogP contribution is -2.22. The van der Waals surface area contributed by atoms with Crippen molar-refractivity contribution >= 4 is 33.3 Å². The number of ether oxygens (including phenoxy) is 2. The number of aryl methyl sites for hydroxylation is 3. The molecular formula is C18H18N4O3S. The van der Waals surface area contributed by atoms with Gasteiger partial charge in [0.2, 0.25) is 10.9 Å². The SMILES string of the molecule is Cc1cc(C)c2nc(-n3nc(C)cc3NC(=O)C3=COCCO3)sc2c1. The summed E-state index contributed by atoms with van der Waals surface area (Å²) in [6, 6.07) is 6.01. The molecule has 0 aliphatic carbocycles. The molecule has 3 aromatic rings. The number of carbonyl (C=O) groups excluding carboxylic acids is 1. The van der Waals surface area contributed by atoms with Crippen LogP contribution in [0.5, 0.6) is 0 Å². The zero-order valence-corrected chi connectivity index (χ0v) is 15.5. The molecule has 3 heterocycles. The van der Waals surface area contributed by atoms with Crippen LogP contribution in [0.4, 0.5) is 5.82 Å². The number of anilines is 1. The molecule has 0 atom stereocenters. The van der Waals surface area contributed by atoms with Gasteiger partial charge in [-0.15, -0.1) is 0 Å². The Hall–Kier alpha value is -2.87. The number of amides is 1. The molecule has 0 unspecified atom stereocenters. The number of benzene rings is 1. The third-order valence-electron chi connectivity index (χ3n) is 3.95. The van der Waals surface area contributed by atoms with Crippen molar-refractivity contribution in [3.63, 3.8) is 0 Å². The normalized spacial score (nSPS) is 13.9. The molecule has 8 heteroatoms. The first-order chi connectivity index (χ1) is 12.5. The third kappa shape index (κ3) is 3.03. The quantitative estimate of drug-likeness (QED) is 0.766. The van der Waals surface area contributed by atoms with Crippen LogP contribution in [-0.2, 0) is 14.3 Å². The maximum Gasteiger partial charge on any atom is 0.295 e. The molecule has 0 spiro atoms. The second kappa shape index (κ2) is 6.45. The van der Waals surface area contributed by atoms with E-state index in [1.165, 1.54) is 23.2 Å². The van der Waals surface area contributed by atoms with Crippen LogP contribution >= 0.6 is 11.3 Å². The zero-order valence-electron chi connectivity index (χ0n) is 14.7. The van der Waals surface area contributed by atoms with E-state index in [9.17, 15) is 4.79 Å². The van der Waals surface area contributed by atoms with Gasteiger partial charge in [0.1, 0.15) is 25.3 Å². The average Bonchev–Trinajstić information content (AvgIpc) is 3.19. The highest BCUT2D eigenvalue weighted by Crippen LogP contribution is 2.30. The summed E-state index contributed by atoms with van der Waals surface area (Å²) in [6.45, 7) is 6.78. The fraction of sp³-hybridized carbons (Fsp3) is 0.278. The molecule has 1 aliphatic rings. The summed E-state index contributed by atoms with van der Waals surface area (Å²) in [5.74, 6) is 0.312. The predicted molar refractivity (Wildman–Crippen MR) is 99.6 cm³/mol. The lowest BCUT2D eigenvalue weighted by Gasteiger charge is -2.15. The smallest absolute Gasteiger partial charge is 0.295 e. The molecule has 0 bridgehead atoms. The summed E-state index contributed by atoms with van der Waals surface area (Å²) < 4.78 is 13.2. The lowest BCUT2D eigenvalue weighted by atomic mass is 10.1. The number of aromatic nitrogens is 3. The average molecular weight is 370 g/mol. The molecule has 0 radical (unpaired) electrons. The Balaban J connectivity index is 1.71. The minimum atomic E-state index is -0.376. The van der Waals surface area contributed by atoms with Crippen molar-refractivity contribution in [2.45, 2.75) is 20.8 Å². The van der Waals surface area contributed by atoms with Crippen molar-refractivity contribution in [1.29, 1.82) is 0 Å². The second-order valence-electron chi connectivity index (χ2n) is 6.16.